The van der Waals surface area contributed by atoms with Gasteiger partial charge in [-0.15, -0.1) is 0 Å². The molecule has 0 saturated heterocycles. The monoisotopic (exact) mass is 294 g/mol. The van der Waals surface area contributed by atoms with Crippen molar-refractivity contribution in [2.24, 2.45) is 17.8 Å². The lowest BCUT2D eigenvalue weighted by molar-refractivity contribution is 0.00541. The van der Waals surface area contributed by atoms with Crippen LogP contribution in [-0.4, -0.2) is 12.7 Å². The number of ether oxygens (including phenoxy) is 1. The summed E-state index contributed by atoms with van der Waals surface area (Å²) >= 11 is 0. The first-order chi connectivity index (χ1) is 10.3. The summed E-state index contributed by atoms with van der Waals surface area (Å²) in [6, 6.07) is 0. The largest absolute Gasteiger partial charge is 0.378 e. The van der Waals surface area contributed by atoms with Crippen molar-refractivity contribution in [1.82, 2.24) is 0 Å². The first kappa shape index (κ1) is 17.3. The molecule has 0 atom stereocenters. The average Bonchev–Trinajstić information content (AvgIpc) is 2.53. The van der Waals surface area contributed by atoms with Crippen LogP contribution in [0.15, 0.2) is 0 Å². The summed E-state index contributed by atoms with van der Waals surface area (Å²) in [5.74, 6) is 3.15. The molecule has 0 aliphatic heterocycles. The van der Waals surface area contributed by atoms with Crippen molar-refractivity contribution in [3.8, 4) is 0 Å². The Morgan fingerprint density at radius 3 is 1.90 bits per heavy atom. The highest BCUT2D eigenvalue weighted by molar-refractivity contribution is 4.82. The maximum Gasteiger partial charge on any atom is 0.0575 e. The lowest BCUT2D eigenvalue weighted by atomic mass is 9.70. The maximum absolute atomic E-state index is 6.07. The van der Waals surface area contributed by atoms with Crippen molar-refractivity contribution in [3.05, 3.63) is 0 Å². The fourth-order valence-electron chi connectivity index (χ4n) is 4.69. The number of unbranched alkanes of at least 4 members (excludes halogenated alkanes) is 2. The molecule has 1 heteroatoms. The standard InChI is InChI=1S/C20H38O/c1-3-5-6-16-21-20-14-12-19(13-15-20)18-10-8-17(7-4-2)9-11-18/h17-20H,3-16H2,1-2H3. The van der Waals surface area contributed by atoms with E-state index in [2.05, 4.69) is 13.8 Å². The minimum atomic E-state index is 0.592. The Morgan fingerprint density at radius 1 is 0.714 bits per heavy atom. The van der Waals surface area contributed by atoms with Crippen LogP contribution in [0.5, 0.6) is 0 Å². The Morgan fingerprint density at radius 2 is 1.33 bits per heavy atom. The van der Waals surface area contributed by atoms with Gasteiger partial charge in [0, 0.05) is 6.61 Å². The van der Waals surface area contributed by atoms with E-state index in [-0.39, 0.29) is 0 Å². The highest BCUT2D eigenvalue weighted by Crippen LogP contribution is 2.41. The molecule has 21 heavy (non-hydrogen) atoms. The third-order valence-electron chi connectivity index (χ3n) is 6.08. The second kappa shape index (κ2) is 9.87. The average molecular weight is 295 g/mol. The second-order valence-electron chi connectivity index (χ2n) is 7.68. The van der Waals surface area contributed by atoms with E-state index in [0.29, 0.717) is 6.10 Å². The summed E-state index contributed by atoms with van der Waals surface area (Å²) in [6.45, 7) is 5.61. The smallest absolute Gasteiger partial charge is 0.0575 e. The Balaban J connectivity index is 1.59. The first-order valence-corrected chi connectivity index (χ1v) is 9.95. The molecule has 2 rings (SSSR count). The number of rotatable bonds is 8. The van der Waals surface area contributed by atoms with Crippen LogP contribution in [0, 0.1) is 17.8 Å². The van der Waals surface area contributed by atoms with E-state index in [1.165, 1.54) is 83.5 Å². The van der Waals surface area contributed by atoms with Crippen LogP contribution >= 0.6 is 0 Å². The molecule has 0 N–H and O–H groups in total. The van der Waals surface area contributed by atoms with Crippen LogP contribution in [0.1, 0.15) is 97.3 Å². The molecule has 124 valence electrons. The molecule has 0 spiro atoms. The molecule has 0 aromatic rings. The van der Waals surface area contributed by atoms with Gasteiger partial charge >= 0.3 is 0 Å². The van der Waals surface area contributed by atoms with E-state index in [1.54, 1.807) is 0 Å². The van der Waals surface area contributed by atoms with Gasteiger partial charge in [-0.3, -0.25) is 0 Å². The maximum atomic E-state index is 6.07. The molecule has 0 bridgehead atoms. The molecule has 2 aliphatic rings. The van der Waals surface area contributed by atoms with Crippen molar-refractivity contribution < 1.29 is 4.74 Å². The minimum Gasteiger partial charge on any atom is -0.378 e. The van der Waals surface area contributed by atoms with Gasteiger partial charge < -0.3 is 4.74 Å². The third-order valence-corrected chi connectivity index (χ3v) is 6.08. The lowest BCUT2D eigenvalue weighted by Crippen LogP contribution is -2.28. The molecule has 0 unspecified atom stereocenters. The van der Waals surface area contributed by atoms with Gasteiger partial charge in [0.2, 0.25) is 0 Å². The molecule has 0 aromatic heterocycles. The zero-order valence-corrected chi connectivity index (χ0v) is 14.6. The van der Waals surface area contributed by atoms with Gasteiger partial charge in [0.15, 0.2) is 0 Å². The van der Waals surface area contributed by atoms with Crippen molar-refractivity contribution in [1.29, 1.82) is 0 Å². The van der Waals surface area contributed by atoms with E-state index >= 15 is 0 Å². The summed E-state index contributed by atoms with van der Waals surface area (Å²) in [7, 11) is 0. The zero-order chi connectivity index (χ0) is 14.9. The van der Waals surface area contributed by atoms with Crippen LogP contribution in [0.3, 0.4) is 0 Å². The predicted octanol–water partition coefficient (Wildman–Crippen LogP) is 6.36. The summed E-state index contributed by atoms with van der Waals surface area (Å²) in [4.78, 5) is 0. The van der Waals surface area contributed by atoms with Gasteiger partial charge in [-0.2, -0.15) is 0 Å². The van der Waals surface area contributed by atoms with Gasteiger partial charge in [-0.05, 0) is 62.7 Å². The molecule has 2 aliphatic carbocycles. The van der Waals surface area contributed by atoms with Gasteiger partial charge in [-0.1, -0.05) is 52.4 Å². The molecule has 1 nitrogen and oxygen atoms in total. The first-order valence-electron chi connectivity index (χ1n) is 9.95. The molecule has 2 fully saturated rings. The van der Waals surface area contributed by atoms with E-state index in [1.807, 2.05) is 0 Å². The van der Waals surface area contributed by atoms with E-state index in [0.717, 1.165) is 24.4 Å². The highest BCUT2D eigenvalue weighted by atomic mass is 16.5. The van der Waals surface area contributed by atoms with Gasteiger partial charge in [-0.25, -0.2) is 0 Å². The Bertz CT molecular complexity index is 247. The molecular formula is C20H38O. The minimum absolute atomic E-state index is 0.592. The van der Waals surface area contributed by atoms with Crippen LogP contribution in [-0.2, 0) is 4.74 Å². The van der Waals surface area contributed by atoms with E-state index in [9.17, 15) is 0 Å². The quantitative estimate of drug-likeness (QED) is 0.473. The fraction of sp³-hybridized carbons (Fsp3) is 1.00. The SMILES string of the molecule is CCCCCOC1CCC(C2CCC(CCC)CC2)CC1. The molecule has 2 saturated carbocycles. The van der Waals surface area contributed by atoms with Gasteiger partial charge in [0.25, 0.3) is 0 Å². The van der Waals surface area contributed by atoms with Crippen LogP contribution in [0.25, 0.3) is 0 Å². The molecule has 0 heterocycles. The zero-order valence-electron chi connectivity index (χ0n) is 14.6. The lowest BCUT2D eigenvalue weighted by Gasteiger charge is -2.37. The number of hydrogen-bond acceptors (Lipinski definition) is 1. The summed E-state index contributed by atoms with van der Waals surface area (Å²) in [6.07, 6.45) is 19.0. The molecular weight excluding hydrogens is 256 g/mol. The topological polar surface area (TPSA) is 9.23 Å². The highest BCUT2D eigenvalue weighted by Gasteiger charge is 2.30. The molecule has 0 amide bonds. The molecule has 0 aromatic carbocycles. The fourth-order valence-corrected chi connectivity index (χ4v) is 4.69. The second-order valence-corrected chi connectivity index (χ2v) is 7.68. The molecule has 0 radical (unpaired) electrons. The summed E-state index contributed by atoms with van der Waals surface area (Å²) in [5.41, 5.74) is 0. The third kappa shape index (κ3) is 5.93. The van der Waals surface area contributed by atoms with Gasteiger partial charge in [0.05, 0.1) is 6.10 Å². The Labute approximate surface area is 133 Å². The summed E-state index contributed by atoms with van der Waals surface area (Å²) < 4.78 is 6.07. The van der Waals surface area contributed by atoms with Crippen molar-refractivity contribution in [3.63, 3.8) is 0 Å². The van der Waals surface area contributed by atoms with Crippen LogP contribution in [0.2, 0.25) is 0 Å². The van der Waals surface area contributed by atoms with Crippen molar-refractivity contribution in [2.45, 2.75) is 103 Å². The van der Waals surface area contributed by atoms with E-state index in [4.69, 9.17) is 4.74 Å². The normalized spacial score (nSPS) is 34.0. The van der Waals surface area contributed by atoms with Gasteiger partial charge in [0.1, 0.15) is 0 Å². The number of hydrogen-bond donors (Lipinski definition) is 0. The van der Waals surface area contributed by atoms with Crippen LogP contribution in [0.4, 0.5) is 0 Å². The van der Waals surface area contributed by atoms with Crippen LogP contribution < -0.4 is 0 Å². The Kier molecular flexibility index (Phi) is 8.14. The summed E-state index contributed by atoms with van der Waals surface area (Å²) in [5, 5.41) is 0. The Hall–Kier alpha value is -0.0400. The van der Waals surface area contributed by atoms with Crippen molar-refractivity contribution >= 4 is 0 Å². The van der Waals surface area contributed by atoms with Crippen molar-refractivity contribution in [2.75, 3.05) is 6.61 Å². The predicted molar refractivity (Wildman–Crippen MR) is 91.6 cm³/mol. The van der Waals surface area contributed by atoms with E-state index < -0.39 is 0 Å².